The second-order valence-electron chi connectivity index (χ2n) is 7.19. The summed E-state index contributed by atoms with van der Waals surface area (Å²) in [6, 6.07) is 14.1. The molecule has 0 spiro atoms. The number of rotatable bonds is 10. The fourth-order valence-electron chi connectivity index (χ4n) is 3.55. The van der Waals surface area contributed by atoms with Gasteiger partial charge >= 0.3 is 0 Å². The summed E-state index contributed by atoms with van der Waals surface area (Å²) in [5.74, 6) is 2.91. The first-order chi connectivity index (χ1) is 14.3. The predicted octanol–water partition coefficient (Wildman–Crippen LogP) is 3.54. The summed E-state index contributed by atoms with van der Waals surface area (Å²) in [5, 5.41) is 6.61. The molecule has 1 aliphatic rings. The van der Waals surface area contributed by atoms with Crippen molar-refractivity contribution >= 4 is 40.7 Å². The Morgan fingerprint density at radius 2 is 1.93 bits per heavy atom. The van der Waals surface area contributed by atoms with Crippen LogP contribution < -0.4 is 10.6 Å². The SMILES string of the molecule is CCNC(=NCC(c1ccco1)N1CCCC1)NCCS(=O)Cc1ccccc1.I. The number of hydrogen-bond donors (Lipinski definition) is 2. The highest BCUT2D eigenvalue weighted by molar-refractivity contribution is 14.0. The molecule has 8 heteroatoms. The maximum atomic E-state index is 12.3. The fourth-order valence-corrected chi connectivity index (χ4v) is 4.59. The monoisotopic (exact) mass is 544 g/mol. The Kier molecular flexibility index (Phi) is 11.5. The maximum absolute atomic E-state index is 12.3. The van der Waals surface area contributed by atoms with E-state index in [4.69, 9.17) is 9.41 Å². The van der Waals surface area contributed by atoms with E-state index in [1.165, 1.54) is 12.8 Å². The van der Waals surface area contributed by atoms with Gasteiger partial charge in [0, 0.05) is 35.4 Å². The lowest BCUT2D eigenvalue weighted by molar-refractivity contribution is 0.221. The molecule has 0 aliphatic carbocycles. The van der Waals surface area contributed by atoms with Gasteiger partial charge in [-0.3, -0.25) is 14.1 Å². The number of furan rings is 1. The van der Waals surface area contributed by atoms with Crippen molar-refractivity contribution in [3.8, 4) is 0 Å². The van der Waals surface area contributed by atoms with E-state index >= 15 is 0 Å². The Morgan fingerprint density at radius 1 is 1.17 bits per heavy atom. The van der Waals surface area contributed by atoms with Crippen LogP contribution in [0.15, 0.2) is 58.1 Å². The average molecular weight is 545 g/mol. The predicted molar refractivity (Wildman–Crippen MR) is 135 cm³/mol. The highest BCUT2D eigenvalue weighted by Gasteiger charge is 2.25. The number of guanidine groups is 1. The van der Waals surface area contributed by atoms with Crippen LogP contribution in [-0.2, 0) is 16.6 Å². The summed E-state index contributed by atoms with van der Waals surface area (Å²) in [6.07, 6.45) is 4.19. The third kappa shape index (κ3) is 8.03. The Labute approximate surface area is 199 Å². The van der Waals surface area contributed by atoms with E-state index in [0.717, 1.165) is 36.9 Å². The molecule has 1 aromatic carbocycles. The van der Waals surface area contributed by atoms with Crippen molar-refractivity contribution in [3.05, 3.63) is 60.1 Å². The van der Waals surface area contributed by atoms with E-state index in [0.29, 0.717) is 24.6 Å². The fraction of sp³-hybridized carbons (Fsp3) is 0.500. The second-order valence-corrected chi connectivity index (χ2v) is 8.77. The highest BCUT2D eigenvalue weighted by atomic mass is 127. The first kappa shape index (κ1) is 24.9. The molecule has 2 heterocycles. The van der Waals surface area contributed by atoms with E-state index in [1.54, 1.807) is 6.26 Å². The minimum absolute atomic E-state index is 0. The topological polar surface area (TPSA) is 69.9 Å². The van der Waals surface area contributed by atoms with Gasteiger partial charge in [0.05, 0.1) is 18.8 Å². The molecule has 1 saturated heterocycles. The van der Waals surface area contributed by atoms with Gasteiger partial charge in [-0.05, 0) is 50.6 Å². The van der Waals surface area contributed by atoms with Gasteiger partial charge in [0.25, 0.3) is 0 Å². The number of hydrogen-bond acceptors (Lipinski definition) is 4. The quantitative estimate of drug-likeness (QED) is 0.272. The zero-order valence-electron chi connectivity index (χ0n) is 17.6. The Hall–Kier alpha value is -1.39. The van der Waals surface area contributed by atoms with Gasteiger partial charge in [0.1, 0.15) is 5.76 Å². The Morgan fingerprint density at radius 3 is 2.60 bits per heavy atom. The summed E-state index contributed by atoms with van der Waals surface area (Å²) < 4.78 is 18.0. The molecule has 30 heavy (non-hydrogen) atoms. The number of nitrogens with one attached hydrogen (secondary N) is 2. The average Bonchev–Trinajstić information content (AvgIpc) is 3.44. The first-order valence-electron chi connectivity index (χ1n) is 10.4. The van der Waals surface area contributed by atoms with Crippen LogP contribution in [-0.4, -0.2) is 53.5 Å². The van der Waals surface area contributed by atoms with Crippen LogP contribution in [0.25, 0.3) is 0 Å². The largest absolute Gasteiger partial charge is 0.468 e. The van der Waals surface area contributed by atoms with Gasteiger partial charge in [-0.25, -0.2) is 0 Å². The molecule has 1 aromatic heterocycles. The van der Waals surface area contributed by atoms with Crippen molar-refractivity contribution in [2.45, 2.75) is 31.6 Å². The van der Waals surface area contributed by atoms with Gasteiger partial charge in [0.15, 0.2) is 5.96 Å². The van der Waals surface area contributed by atoms with Crippen molar-refractivity contribution in [1.29, 1.82) is 0 Å². The molecule has 2 aromatic rings. The molecular weight excluding hydrogens is 511 g/mol. The van der Waals surface area contributed by atoms with Crippen LogP contribution in [0.3, 0.4) is 0 Å². The van der Waals surface area contributed by atoms with E-state index in [2.05, 4.69) is 22.5 Å². The standard InChI is InChI=1S/C22H32N4O2S.HI/c1-2-23-22(24-12-16-29(27)18-19-9-4-3-5-10-19)25-17-20(21-11-8-15-28-21)26-13-6-7-14-26;/h3-5,8-11,15,20H,2,6-7,12-14,16-18H2,1H3,(H2,23,24,25);1H. The lowest BCUT2D eigenvalue weighted by atomic mass is 10.2. The molecule has 166 valence electrons. The third-order valence-electron chi connectivity index (χ3n) is 5.01. The number of likely N-dealkylation sites (tertiary alicyclic amines) is 1. The van der Waals surface area contributed by atoms with Crippen molar-refractivity contribution < 1.29 is 8.63 Å². The normalized spacial score (nSPS) is 16.6. The molecule has 0 radical (unpaired) electrons. The Balaban J connectivity index is 0.00000320. The number of halogens is 1. The lowest BCUT2D eigenvalue weighted by Gasteiger charge is -2.24. The minimum atomic E-state index is -0.899. The summed E-state index contributed by atoms with van der Waals surface area (Å²) in [6.45, 7) is 6.27. The summed E-state index contributed by atoms with van der Waals surface area (Å²) in [7, 11) is -0.899. The van der Waals surface area contributed by atoms with Gasteiger partial charge in [-0.1, -0.05) is 30.3 Å². The van der Waals surface area contributed by atoms with Gasteiger partial charge < -0.3 is 15.1 Å². The maximum Gasteiger partial charge on any atom is 0.191 e. The number of benzene rings is 1. The zero-order chi connectivity index (χ0) is 20.3. The number of nitrogens with zero attached hydrogens (tertiary/aromatic N) is 2. The molecule has 6 nitrogen and oxygen atoms in total. The molecule has 0 saturated carbocycles. The van der Waals surface area contributed by atoms with Crippen molar-refractivity contribution in [2.24, 2.45) is 4.99 Å². The summed E-state index contributed by atoms with van der Waals surface area (Å²) in [5.41, 5.74) is 1.11. The van der Waals surface area contributed by atoms with Gasteiger partial charge in [0.2, 0.25) is 0 Å². The van der Waals surface area contributed by atoms with Crippen LogP contribution in [0.2, 0.25) is 0 Å². The van der Waals surface area contributed by atoms with E-state index in [-0.39, 0.29) is 30.0 Å². The summed E-state index contributed by atoms with van der Waals surface area (Å²) >= 11 is 0. The van der Waals surface area contributed by atoms with Crippen LogP contribution in [0.1, 0.15) is 37.1 Å². The molecule has 0 amide bonds. The van der Waals surface area contributed by atoms with Gasteiger partial charge in [-0.15, -0.1) is 24.0 Å². The molecule has 2 unspecified atom stereocenters. The van der Waals surface area contributed by atoms with Crippen LogP contribution in [0.4, 0.5) is 0 Å². The first-order valence-corrected chi connectivity index (χ1v) is 11.9. The van der Waals surface area contributed by atoms with Crippen molar-refractivity contribution in [2.75, 3.05) is 38.5 Å². The smallest absolute Gasteiger partial charge is 0.191 e. The van der Waals surface area contributed by atoms with Gasteiger partial charge in [-0.2, -0.15) is 0 Å². The van der Waals surface area contributed by atoms with Crippen molar-refractivity contribution in [3.63, 3.8) is 0 Å². The van der Waals surface area contributed by atoms with E-state index < -0.39 is 10.8 Å². The third-order valence-corrected chi connectivity index (χ3v) is 6.33. The Bertz CT molecular complexity index is 765. The molecule has 1 fully saturated rings. The van der Waals surface area contributed by atoms with Crippen LogP contribution in [0.5, 0.6) is 0 Å². The summed E-state index contributed by atoms with van der Waals surface area (Å²) in [4.78, 5) is 7.23. The molecular formula is C22H33IN4O2S. The minimum Gasteiger partial charge on any atom is -0.468 e. The zero-order valence-corrected chi connectivity index (χ0v) is 20.7. The number of aliphatic imine (C=N–C) groups is 1. The molecule has 1 aliphatic heterocycles. The lowest BCUT2D eigenvalue weighted by Crippen LogP contribution is -2.40. The second kappa shape index (κ2) is 13.8. The van der Waals surface area contributed by atoms with Crippen LogP contribution >= 0.6 is 24.0 Å². The van der Waals surface area contributed by atoms with Crippen LogP contribution in [0, 0.1) is 0 Å². The van der Waals surface area contributed by atoms with E-state index in [9.17, 15) is 4.21 Å². The highest BCUT2D eigenvalue weighted by Crippen LogP contribution is 2.25. The molecule has 2 N–H and O–H groups in total. The molecule has 2 atom stereocenters. The molecule has 3 rings (SSSR count). The van der Waals surface area contributed by atoms with Crippen molar-refractivity contribution in [1.82, 2.24) is 15.5 Å². The molecule has 0 bridgehead atoms. The van der Waals surface area contributed by atoms with E-state index in [1.807, 2.05) is 42.5 Å².